The summed E-state index contributed by atoms with van der Waals surface area (Å²) >= 11 is 0. The monoisotopic (exact) mass is 610 g/mol. The number of aliphatic hydroxyl groups excluding tert-OH is 6. The molecule has 3 aromatic rings. The molecule has 234 valence electrons. The summed E-state index contributed by atoms with van der Waals surface area (Å²) in [4.78, 5) is 13.6. The number of aromatic hydroxyl groups is 4. The molecule has 2 saturated heterocycles. The van der Waals surface area contributed by atoms with Gasteiger partial charge in [-0.05, 0) is 25.1 Å². The molecule has 2 aliphatic rings. The van der Waals surface area contributed by atoms with Gasteiger partial charge in [-0.3, -0.25) is 4.79 Å². The molecule has 2 aliphatic heterocycles. The van der Waals surface area contributed by atoms with E-state index in [1.54, 1.807) is 0 Å². The van der Waals surface area contributed by atoms with E-state index in [2.05, 4.69) is 0 Å². The van der Waals surface area contributed by atoms with Gasteiger partial charge >= 0.3 is 0 Å². The van der Waals surface area contributed by atoms with E-state index >= 15 is 0 Å². The highest BCUT2D eigenvalue weighted by Gasteiger charge is 2.47. The Balaban J connectivity index is 1.48. The van der Waals surface area contributed by atoms with Gasteiger partial charge in [0.05, 0.1) is 12.7 Å². The van der Waals surface area contributed by atoms with Crippen molar-refractivity contribution in [2.24, 2.45) is 0 Å². The average molecular weight is 611 g/mol. The molecule has 0 amide bonds. The number of phenolic OH excluding ortho intramolecular Hbond substituents is 4. The summed E-state index contributed by atoms with van der Waals surface area (Å²) in [5.74, 6) is -3.33. The third-order valence-corrected chi connectivity index (χ3v) is 7.29. The predicted octanol–water partition coefficient (Wildman–Crippen LogP) is -1.69. The quantitative estimate of drug-likeness (QED) is 0.140. The van der Waals surface area contributed by atoms with Crippen molar-refractivity contribution < 1.29 is 74.4 Å². The van der Waals surface area contributed by atoms with E-state index in [1.165, 1.54) is 13.0 Å². The van der Waals surface area contributed by atoms with Crippen molar-refractivity contribution in [1.82, 2.24) is 0 Å². The van der Waals surface area contributed by atoms with Crippen LogP contribution in [0.2, 0.25) is 0 Å². The Bertz CT molecular complexity index is 1540. The number of rotatable bonds is 6. The Kier molecular flexibility index (Phi) is 8.41. The first-order chi connectivity index (χ1) is 20.3. The number of fused-ring (bicyclic) bond motifs is 1. The van der Waals surface area contributed by atoms with E-state index in [-0.39, 0.29) is 11.1 Å². The maximum atomic E-state index is 13.6. The highest BCUT2D eigenvalue weighted by Crippen LogP contribution is 2.39. The van der Waals surface area contributed by atoms with Crippen LogP contribution in [-0.2, 0) is 14.2 Å². The SMILES string of the molecule is CC1O[C@@H](OCC2O[C@@H](Oc3c(-c4ccc(O)c(O)c4)oc4cc(O)cc(O)c4c3=O)C(O)C(O)[C@@H]2O)C(O)[C@@H](O)[C@H]1O. The number of benzene rings is 2. The molecule has 16 nitrogen and oxygen atoms in total. The van der Waals surface area contributed by atoms with Crippen LogP contribution in [0.4, 0.5) is 0 Å². The van der Waals surface area contributed by atoms with Crippen molar-refractivity contribution in [3.8, 4) is 40.1 Å². The molecule has 0 aliphatic carbocycles. The largest absolute Gasteiger partial charge is 0.508 e. The Morgan fingerprint density at radius 2 is 1.42 bits per heavy atom. The molecule has 43 heavy (non-hydrogen) atoms. The van der Waals surface area contributed by atoms with E-state index in [0.29, 0.717) is 0 Å². The number of aliphatic hydroxyl groups is 6. The zero-order valence-electron chi connectivity index (χ0n) is 22.3. The molecule has 0 bridgehead atoms. The predicted molar refractivity (Wildman–Crippen MR) is 140 cm³/mol. The molecule has 10 N–H and O–H groups in total. The molecule has 2 aromatic carbocycles. The third kappa shape index (κ3) is 5.67. The van der Waals surface area contributed by atoms with Crippen LogP contribution in [0.1, 0.15) is 6.92 Å². The molecular weight excluding hydrogens is 580 g/mol. The van der Waals surface area contributed by atoms with Gasteiger partial charge in [-0.1, -0.05) is 0 Å². The average Bonchev–Trinajstić information content (AvgIpc) is 2.96. The highest BCUT2D eigenvalue weighted by molar-refractivity contribution is 5.88. The summed E-state index contributed by atoms with van der Waals surface area (Å²) in [5.41, 5.74) is -1.35. The van der Waals surface area contributed by atoms with E-state index in [4.69, 9.17) is 23.4 Å². The van der Waals surface area contributed by atoms with Crippen LogP contribution in [0, 0.1) is 0 Å². The Morgan fingerprint density at radius 3 is 2.12 bits per heavy atom. The van der Waals surface area contributed by atoms with Gasteiger partial charge in [-0.25, -0.2) is 0 Å². The molecule has 5 unspecified atom stereocenters. The molecule has 2 fully saturated rings. The van der Waals surface area contributed by atoms with Crippen molar-refractivity contribution in [1.29, 1.82) is 0 Å². The van der Waals surface area contributed by atoms with Gasteiger partial charge in [0.1, 0.15) is 65.2 Å². The van der Waals surface area contributed by atoms with Gasteiger partial charge in [0.25, 0.3) is 0 Å². The standard InChI is InChI=1S/C27H30O16/c1-8-17(32)20(35)22(37)26(40-8)39-7-15-18(33)21(36)23(38)27(42-15)43-25-19(34)16-13(31)5-10(28)6-14(16)41-24(25)9-2-3-11(29)12(30)4-9/h2-6,8,15,17-18,20-23,26-33,35-38H,7H2,1H3/t8?,15?,17-,18+,20-,21?,22?,23?,26+,27-/m0/s1. The lowest BCUT2D eigenvalue weighted by atomic mass is 9.98. The summed E-state index contributed by atoms with van der Waals surface area (Å²) in [6.45, 7) is 0.818. The van der Waals surface area contributed by atoms with Crippen LogP contribution in [0.3, 0.4) is 0 Å². The fourth-order valence-corrected chi connectivity index (χ4v) is 4.84. The summed E-state index contributed by atoms with van der Waals surface area (Å²) < 4.78 is 27.8. The maximum Gasteiger partial charge on any atom is 0.239 e. The maximum absolute atomic E-state index is 13.6. The van der Waals surface area contributed by atoms with Gasteiger partial charge in [0.15, 0.2) is 23.5 Å². The van der Waals surface area contributed by atoms with Crippen LogP contribution in [0.15, 0.2) is 39.5 Å². The molecule has 3 heterocycles. The molecule has 5 rings (SSSR count). The van der Waals surface area contributed by atoms with Crippen LogP contribution in [0.25, 0.3) is 22.3 Å². The molecule has 1 aromatic heterocycles. The summed E-state index contributed by atoms with van der Waals surface area (Å²) in [6.07, 6.45) is -16.2. The fourth-order valence-electron chi connectivity index (χ4n) is 4.84. The van der Waals surface area contributed by atoms with Crippen molar-refractivity contribution >= 4 is 11.0 Å². The van der Waals surface area contributed by atoms with Crippen molar-refractivity contribution in [3.63, 3.8) is 0 Å². The normalized spacial score (nSPS) is 33.0. The summed E-state index contributed by atoms with van der Waals surface area (Å²) in [6, 6.07) is 5.24. The topological polar surface area (TPSA) is 269 Å². The molecule has 16 heteroatoms. The Hall–Kier alpha value is -3.71. The van der Waals surface area contributed by atoms with Gasteiger partial charge in [-0.2, -0.15) is 0 Å². The zero-order chi connectivity index (χ0) is 31.3. The molecule has 0 radical (unpaired) electrons. The van der Waals surface area contributed by atoms with E-state index in [0.717, 1.165) is 24.3 Å². The minimum absolute atomic E-state index is 0.0313. The Labute approximate surface area is 241 Å². The van der Waals surface area contributed by atoms with Gasteiger partial charge in [-0.15, -0.1) is 0 Å². The van der Waals surface area contributed by atoms with E-state index < -0.39 is 113 Å². The molecule has 10 atom stereocenters. The first kappa shape index (κ1) is 30.7. The third-order valence-electron chi connectivity index (χ3n) is 7.29. The second kappa shape index (κ2) is 11.8. The van der Waals surface area contributed by atoms with Gasteiger partial charge < -0.3 is 74.4 Å². The highest BCUT2D eigenvalue weighted by atomic mass is 16.7. The second-order valence-corrected chi connectivity index (χ2v) is 10.3. The molecular formula is C27H30O16. The first-order valence-corrected chi connectivity index (χ1v) is 13.0. The lowest BCUT2D eigenvalue weighted by Crippen LogP contribution is -2.61. The van der Waals surface area contributed by atoms with Gasteiger partial charge in [0.2, 0.25) is 17.5 Å². The minimum Gasteiger partial charge on any atom is -0.508 e. The van der Waals surface area contributed by atoms with E-state index in [9.17, 15) is 55.9 Å². The van der Waals surface area contributed by atoms with Crippen LogP contribution < -0.4 is 10.2 Å². The number of hydrogen-bond acceptors (Lipinski definition) is 16. The Morgan fingerprint density at radius 1 is 0.744 bits per heavy atom. The zero-order valence-corrected chi connectivity index (χ0v) is 22.3. The summed E-state index contributed by atoms with van der Waals surface area (Å²) in [5, 5.41) is 101. The second-order valence-electron chi connectivity index (χ2n) is 10.3. The van der Waals surface area contributed by atoms with Crippen molar-refractivity contribution in [3.05, 3.63) is 40.6 Å². The fraction of sp³-hybridized carbons (Fsp3) is 0.444. The lowest BCUT2D eigenvalue weighted by molar-refractivity contribution is -0.318. The van der Waals surface area contributed by atoms with Crippen molar-refractivity contribution in [2.75, 3.05) is 6.61 Å². The van der Waals surface area contributed by atoms with Crippen LogP contribution in [0.5, 0.6) is 28.7 Å². The van der Waals surface area contributed by atoms with Crippen molar-refractivity contribution in [2.45, 2.75) is 68.3 Å². The van der Waals surface area contributed by atoms with Crippen LogP contribution in [-0.4, -0.2) is 119 Å². The van der Waals surface area contributed by atoms with Crippen LogP contribution >= 0.6 is 0 Å². The first-order valence-electron chi connectivity index (χ1n) is 13.0. The smallest absolute Gasteiger partial charge is 0.239 e. The van der Waals surface area contributed by atoms with Gasteiger partial charge in [0, 0.05) is 17.7 Å². The number of hydrogen-bond donors (Lipinski definition) is 10. The minimum atomic E-state index is -1.97. The molecule has 0 spiro atoms. The summed E-state index contributed by atoms with van der Waals surface area (Å²) in [7, 11) is 0. The number of ether oxygens (including phenoxy) is 4. The number of phenols is 4. The van der Waals surface area contributed by atoms with E-state index in [1.807, 2.05) is 0 Å². The molecule has 0 saturated carbocycles. The lowest BCUT2D eigenvalue weighted by Gasteiger charge is -2.42.